The van der Waals surface area contributed by atoms with Gasteiger partial charge in [0, 0.05) is 14.1 Å². The maximum atomic E-state index is 13.1. The molecule has 0 atom stereocenters. The fraction of sp³-hybridized carbons (Fsp3) is 0.318. The number of ketones is 1. The van der Waals surface area contributed by atoms with E-state index >= 15 is 0 Å². The Balaban J connectivity index is 2.56. The minimum absolute atomic E-state index is 0.00236. The van der Waals surface area contributed by atoms with Crippen molar-refractivity contribution in [2.24, 2.45) is 0 Å². The van der Waals surface area contributed by atoms with Gasteiger partial charge in [-0.2, -0.15) is 0 Å². The van der Waals surface area contributed by atoms with Crippen LogP contribution in [0.5, 0.6) is 28.7 Å². The number of hydrogen-bond acceptors (Lipinski definition) is 7. The minimum Gasteiger partial charge on any atom is -0.495 e. The van der Waals surface area contributed by atoms with E-state index < -0.39 is 5.78 Å². The molecule has 2 aromatic carbocycles. The molecule has 0 aliphatic carbocycles. The first-order valence-electron chi connectivity index (χ1n) is 8.97. The van der Waals surface area contributed by atoms with Crippen LogP contribution in [0.2, 0.25) is 0 Å². The molecule has 0 fully saturated rings. The molecule has 0 aliphatic rings. The molecule has 8 heteroatoms. The van der Waals surface area contributed by atoms with E-state index in [9.17, 15) is 4.79 Å². The summed E-state index contributed by atoms with van der Waals surface area (Å²) in [5.41, 5.74) is 1.78. The molecule has 162 valence electrons. The van der Waals surface area contributed by atoms with Gasteiger partial charge in [-0.3, -0.25) is 4.79 Å². The Labute approximate surface area is 181 Å². The van der Waals surface area contributed by atoms with E-state index in [-0.39, 0.29) is 22.1 Å². The maximum absolute atomic E-state index is 13.1. The highest BCUT2D eigenvalue weighted by Crippen LogP contribution is 2.47. The molecular formula is C22H26ClNO6. The number of carbonyl (C=O) groups excluding carboxylic acids is 1. The van der Waals surface area contributed by atoms with Gasteiger partial charge < -0.3 is 28.6 Å². The van der Waals surface area contributed by atoms with Gasteiger partial charge in [0.25, 0.3) is 0 Å². The van der Waals surface area contributed by atoms with E-state index in [0.717, 1.165) is 11.3 Å². The number of rotatable bonds is 9. The van der Waals surface area contributed by atoms with Crippen LogP contribution < -0.4 is 28.6 Å². The monoisotopic (exact) mass is 435 g/mol. The van der Waals surface area contributed by atoms with Crippen molar-refractivity contribution in [2.75, 3.05) is 54.5 Å². The van der Waals surface area contributed by atoms with Gasteiger partial charge in [-0.05, 0) is 29.8 Å². The first-order valence-corrected chi connectivity index (χ1v) is 9.34. The van der Waals surface area contributed by atoms with Crippen LogP contribution in [0.25, 0.3) is 6.08 Å². The lowest BCUT2D eigenvalue weighted by atomic mass is 10.0. The van der Waals surface area contributed by atoms with Crippen molar-refractivity contribution in [1.29, 1.82) is 0 Å². The molecule has 0 saturated carbocycles. The molecule has 0 saturated heterocycles. The van der Waals surface area contributed by atoms with E-state index in [1.807, 2.05) is 37.2 Å². The van der Waals surface area contributed by atoms with Crippen LogP contribution in [0.1, 0.15) is 15.9 Å². The predicted octanol–water partition coefficient (Wildman–Crippen LogP) is 4.26. The summed E-state index contributed by atoms with van der Waals surface area (Å²) in [4.78, 5) is 15.1. The zero-order valence-corrected chi connectivity index (χ0v) is 18.9. The molecule has 2 rings (SSSR count). The van der Waals surface area contributed by atoms with Crippen molar-refractivity contribution >= 4 is 29.1 Å². The second-order valence-corrected chi connectivity index (χ2v) is 6.78. The Morgan fingerprint density at radius 2 is 1.43 bits per heavy atom. The Hall–Kier alpha value is -3.06. The van der Waals surface area contributed by atoms with Crippen molar-refractivity contribution in [3.8, 4) is 28.7 Å². The zero-order chi connectivity index (χ0) is 22.4. The summed E-state index contributed by atoms with van der Waals surface area (Å²) in [6.07, 6.45) is 1.58. The fourth-order valence-corrected chi connectivity index (χ4v) is 3.22. The second-order valence-electron chi connectivity index (χ2n) is 6.37. The normalized spacial score (nSPS) is 11.0. The van der Waals surface area contributed by atoms with Gasteiger partial charge >= 0.3 is 0 Å². The van der Waals surface area contributed by atoms with Crippen molar-refractivity contribution in [3.05, 3.63) is 40.4 Å². The summed E-state index contributed by atoms with van der Waals surface area (Å²) < 4.78 is 26.9. The SMILES string of the molecule is COc1ccc(C=C(Cl)C(=O)c2cc(OC)c(OC)c(OC)c2OC)cc1N(C)C. The van der Waals surface area contributed by atoms with E-state index in [1.165, 1.54) is 34.5 Å². The molecule has 2 aromatic rings. The number of carbonyl (C=O) groups is 1. The number of allylic oxidation sites excluding steroid dienone is 1. The third kappa shape index (κ3) is 4.57. The lowest BCUT2D eigenvalue weighted by molar-refractivity contribution is 0.103. The van der Waals surface area contributed by atoms with Crippen LogP contribution in [-0.2, 0) is 0 Å². The second kappa shape index (κ2) is 10.1. The van der Waals surface area contributed by atoms with Crippen LogP contribution in [0.4, 0.5) is 5.69 Å². The van der Waals surface area contributed by atoms with Crippen molar-refractivity contribution in [2.45, 2.75) is 0 Å². The van der Waals surface area contributed by atoms with Crippen LogP contribution in [-0.4, -0.2) is 55.4 Å². The van der Waals surface area contributed by atoms with E-state index in [4.69, 9.17) is 35.3 Å². The zero-order valence-electron chi connectivity index (χ0n) is 18.2. The summed E-state index contributed by atoms with van der Waals surface area (Å²) in [5.74, 6) is 1.35. The largest absolute Gasteiger partial charge is 0.495 e. The molecule has 0 radical (unpaired) electrons. The van der Waals surface area contributed by atoms with Gasteiger partial charge in [-0.1, -0.05) is 17.7 Å². The number of halogens is 1. The van der Waals surface area contributed by atoms with Crippen molar-refractivity contribution < 1.29 is 28.5 Å². The Morgan fingerprint density at radius 3 is 1.93 bits per heavy atom. The summed E-state index contributed by atoms with van der Waals surface area (Å²) >= 11 is 6.40. The third-order valence-corrected chi connectivity index (χ3v) is 4.71. The Morgan fingerprint density at radius 1 is 0.833 bits per heavy atom. The topological polar surface area (TPSA) is 66.5 Å². The average molecular weight is 436 g/mol. The molecular weight excluding hydrogens is 410 g/mol. The highest BCUT2D eigenvalue weighted by molar-refractivity contribution is 6.47. The number of ether oxygens (including phenoxy) is 5. The van der Waals surface area contributed by atoms with Gasteiger partial charge in [0.05, 0.1) is 51.8 Å². The maximum Gasteiger partial charge on any atom is 0.208 e. The van der Waals surface area contributed by atoms with Gasteiger partial charge in [0.15, 0.2) is 11.5 Å². The van der Waals surface area contributed by atoms with E-state index in [1.54, 1.807) is 13.2 Å². The summed E-state index contributed by atoms with van der Waals surface area (Å²) in [7, 11) is 11.2. The fourth-order valence-electron chi connectivity index (χ4n) is 2.99. The standard InChI is InChI=1S/C22H26ClNO6/c1-24(2)16-11-13(8-9-17(16)26-3)10-15(23)19(25)14-12-18(27-4)21(29-6)22(30-7)20(14)28-5/h8-12H,1-7H3. The van der Waals surface area contributed by atoms with Gasteiger partial charge in [0.2, 0.25) is 17.3 Å². The Bertz CT molecular complexity index is 955. The molecule has 0 N–H and O–H groups in total. The minimum atomic E-state index is -0.449. The van der Waals surface area contributed by atoms with Crippen LogP contribution in [0.15, 0.2) is 29.3 Å². The first-order chi connectivity index (χ1) is 14.3. The average Bonchev–Trinajstić information content (AvgIpc) is 2.76. The molecule has 0 amide bonds. The lowest BCUT2D eigenvalue weighted by Gasteiger charge is -2.18. The lowest BCUT2D eigenvalue weighted by Crippen LogP contribution is -2.10. The van der Waals surface area contributed by atoms with Gasteiger partial charge in [0.1, 0.15) is 5.75 Å². The van der Waals surface area contributed by atoms with E-state index in [2.05, 4.69) is 0 Å². The number of hydrogen-bond donors (Lipinski definition) is 0. The predicted molar refractivity (Wildman–Crippen MR) is 118 cm³/mol. The van der Waals surface area contributed by atoms with Crippen LogP contribution >= 0.6 is 11.6 Å². The highest BCUT2D eigenvalue weighted by Gasteiger charge is 2.26. The van der Waals surface area contributed by atoms with Crippen molar-refractivity contribution in [1.82, 2.24) is 0 Å². The quantitative estimate of drug-likeness (QED) is 0.430. The highest BCUT2D eigenvalue weighted by atomic mass is 35.5. The molecule has 30 heavy (non-hydrogen) atoms. The number of nitrogens with zero attached hydrogens (tertiary/aromatic N) is 1. The molecule has 0 aromatic heterocycles. The summed E-state index contributed by atoms with van der Waals surface area (Å²) in [6.45, 7) is 0. The molecule has 0 spiro atoms. The molecule has 0 bridgehead atoms. The molecule has 0 unspecified atom stereocenters. The summed E-state index contributed by atoms with van der Waals surface area (Å²) in [6, 6.07) is 7.02. The number of methoxy groups -OCH3 is 5. The van der Waals surface area contributed by atoms with E-state index in [0.29, 0.717) is 17.2 Å². The molecule has 0 heterocycles. The van der Waals surface area contributed by atoms with Crippen LogP contribution in [0, 0.1) is 0 Å². The smallest absolute Gasteiger partial charge is 0.208 e. The van der Waals surface area contributed by atoms with Crippen LogP contribution in [0.3, 0.4) is 0 Å². The number of anilines is 1. The van der Waals surface area contributed by atoms with Gasteiger partial charge in [-0.15, -0.1) is 0 Å². The molecule has 0 aliphatic heterocycles. The third-order valence-electron chi connectivity index (χ3n) is 4.43. The summed E-state index contributed by atoms with van der Waals surface area (Å²) in [5, 5.41) is -0.00236. The van der Waals surface area contributed by atoms with Gasteiger partial charge in [-0.25, -0.2) is 0 Å². The number of Topliss-reactive ketones (excluding diaryl/α,β-unsaturated/α-hetero) is 1. The van der Waals surface area contributed by atoms with Crippen molar-refractivity contribution in [3.63, 3.8) is 0 Å². The number of benzene rings is 2. The molecule has 7 nitrogen and oxygen atoms in total. The Kier molecular flexibility index (Phi) is 7.83. The first kappa shape index (κ1) is 23.2.